The number of carbonyl (C=O) groups is 1. The summed E-state index contributed by atoms with van der Waals surface area (Å²) in [6.07, 6.45) is 0.847. The van der Waals surface area contributed by atoms with Crippen LogP contribution in [-0.2, 0) is 4.79 Å². The maximum atomic E-state index is 10.8. The van der Waals surface area contributed by atoms with Crippen molar-refractivity contribution in [3.8, 4) is 0 Å². The fourth-order valence-corrected chi connectivity index (χ4v) is 1.99. The lowest BCUT2D eigenvalue weighted by molar-refractivity contribution is -0.109. The number of nitrogens with zero attached hydrogens (tertiary/aromatic N) is 2. The number of para-hydroxylation sites is 1. The fourth-order valence-electron chi connectivity index (χ4n) is 1.59. The van der Waals surface area contributed by atoms with E-state index in [2.05, 4.69) is 5.10 Å². The molecule has 1 aliphatic rings. The van der Waals surface area contributed by atoms with E-state index >= 15 is 0 Å². The van der Waals surface area contributed by atoms with Gasteiger partial charge < -0.3 is 4.79 Å². The van der Waals surface area contributed by atoms with Crippen LogP contribution in [0.25, 0.3) is 0 Å². The summed E-state index contributed by atoms with van der Waals surface area (Å²) in [6.45, 7) is 1.82. The molecule has 0 saturated heterocycles. The average molecular weight is 223 g/mol. The Hall–Kier alpha value is -1.35. The monoisotopic (exact) mass is 222 g/mol. The van der Waals surface area contributed by atoms with Gasteiger partial charge in [0.2, 0.25) is 0 Å². The van der Waals surface area contributed by atoms with E-state index in [1.165, 1.54) is 0 Å². The fraction of sp³-hybridized carbons (Fsp3) is 0.273. The Balaban J connectivity index is 2.30. The summed E-state index contributed by atoms with van der Waals surface area (Å²) in [7, 11) is 0. The van der Waals surface area contributed by atoms with Gasteiger partial charge in [0.1, 0.15) is 11.8 Å². The Bertz CT molecular complexity index is 391. The number of benzene rings is 1. The van der Waals surface area contributed by atoms with Crippen LogP contribution in [0.15, 0.2) is 35.4 Å². The zero-order valence-electron chi connectivity index (χ0n) is 8.30. The molecule has 2 rings (SSSR count). The molecule has 0 N–H and O–H groups in total. The molecule has 0 radical (unpaired) electrons. The van der Waals surface area contributed by atoms with E-state index < -0.39 is 5.50 Å². The molecule has 1 aromatic rings. The highest BCUT2D eigenvalue weighted by molar-refractivity contribution is 6.26. The number of aldehydes is 1. The van der Waals surface area contributed by atoms with Gasteiger partial charge in [-0.15, -0.1) is 0 Å². The van der Waals surface area contributed by atoms with Gasteiger partial charge in [0, 0.05) is 5.71 Å². The molecular formula is C11H11ClN2O. The van der Waals surface area contributed by atoms with Crippen molar-refractivity contribution < 1.29 is 4.79 Å². The van der Waals surface area contributed by atoms with Crippen LogP contribution in [0.5, 0.6) is 0 Å². The Morgan fingerprint density at radius 2 is 2.07 bits per heavy atom. The average Bonchev–Trinajstić information content (AvgIpc) is 2.55. The summed E-state index contributed by atoms with van der Waals surface area (Å²) in [5, 5.41) is 5.96. The molecule has 1 aromatic carbocycles. The molecule has 0 fully saturated rings. The molecule has 2 atom stereocenters. The molecular weight excluding hydrogens is 212 g/mol. The van der Waals surface area contributed by atoms with Gasteiger partial charge in [0.25, 0.3) is 0 Å². The van der Waals surface area contributed by atoms with Gasteiger partial charge in [-0.1, -0.05) is 29.8 Å². The summed E-state index contributed by atoms with van der Waals surface area (Å²) >= 11 is 6.15. The molecule has 4 heteroatoms. The molecule has 15 heavy (non-hydrogen) atoms. The van der Waals surface area contributed by atoms with E-state index in [1.807, 2.05) is 37.3 Å². The maximum absolute atomic E-state index is 10.8. The van der Waals surface area contributed by atoms with Crippen LogP contribution in [0.2, 0.25) is 0 Å². The minimum atomic E-state index is -0.412. The number of alkyl halides is 1. The molecule has 0 aromatic heterocycles. The largest absolute Gasteiger partial charge is 0.303 e. The molecule has 1 aliphatic heterocycles. The van der Waals surface area contributed by atoms with Gasteiger partial charge in [0.15, 0.2) is 0 Å². The minimum absolute atomic E-state index is 0.313. The number of hydrogen-bond donors (Lipinski definition) is 0. The van der Waals surface area contributed by atoms with E-state index in [0.29, 0.717) is 0 Å². The summed E-state index contributed by atoms with van der Waals surface area (Å²) in [5.41, 5.74) is 1.25. The molecule has 1 heterocycles. The lowest BCUT2D eigenvalue weighted by Crippen LogP contribution is -2.28. The van der Waals surface area contributed by atoms with Crippen molar-refractivity contribution in [2.75, 3.05) is 5.01 Å². The van der Waals surface area contributed by atoms with E-state index in [1.54, 1.807) is 5.01 Å². The molecule has 2 unspecified atom stereocenters. The number of hydrogen-bond acceptors (Lipinski definition) is 3. The van der Waals surface area contributed by atoms with Gasteiger partial charge in [-0.2, -0.15) is 5.10 Å². The third-order valence-electron chi connectivity index (χ3n) is 2.45. The van der Waals surface area contributed by atoms with Gasteiger partial charge in [-0.25, -0.2) is 5.01 Å². The van der Waals surface area contributed by atoms with Crippen molar-refractivity contribution in [2.24, 2.45) is 11.0 Å². The first kappa shape index (κ1) is 10.2. The smallest absolute Gasteiger partial charge is 0.141 e. The second-order valence-electron chi connectivity index (χ2n) is 3.46. The summed E-state index contributed by atoms with van der Waals surface area (Å²) < 4.78 is 0. The van der Waals surface area contributed by atoms with Crippen LogP contribution >= 0.6 is 11.6 Å². The van der Waals surface area contributed by atoms with E-state index in [-0.39, 0.29) is 5.92 Å². The van der Waals surface area contributed by atoms with Crippen LogP contribution in [0.4, 0.5) is 5.69 Å². The molecule has 0 saturated carbocycles. The quantitative estimate of drug-likeness (QED) is 0.437. The normalized spacial score (nSPS) is 25.2. The van der Waals surface area contributed by atoms with Crippen LogP contribution in [0, 0.1) is 5.92 Å². The van der Waals surface area contributed by atoms with Crippen molar-refractivity contribution >= 4 is 29.3 Å². The van der Waals surface area contributed by atoms with Crippen molar-refractivity contribution in [1.29, 1.82) is 0 Å². The van der Waals surface area contributed by atoms with Crippen molar-refractivity contribution in [3.05, 3.63) is 30.3 Å². The van der Waals surface area contributed by atoms with Crippen molar-refractivity contribution in [3.63, 3.8) is 0 Å². The lowest BCUT2D eigenvalue weighted by atomic mass is 10.1. The molecule has 0 bridgehead atoms. The zero-order valence-corrected chi connectivity index (χ0v) is 9.06. The predicted molar refractivity (Wildman–Crippen MR) is 61.2 cm³/mol. The van der Waals surface area contributed by atoms with Crippen LogP contribution in [0.3, 0.4) is 0 Å². The Kier molecular flexibility index (Phi) is 2.73. The molecule has 0 amide bonds. The standard InChI is InChI=1S/C11H11ClN2O/c1-8-10(7-15)11(12)14(13-8)9-5-3-2-4-6-9/h2-7,10-11H,1H3. The highest BCUT2D eigenvalue weighted by atomic mass is 35.5. The SMILES string of the molecule is CC1=NN(c2ccccc2)C(Cl)C1C=O. The number of anilines is 1. The van der Waals surface area contributed by atoms with E-state index in [4.69, 9.17) is 11.6 Å². The number of hydrazone groups is 1. The summed E-state index contributed by atoms with van der Waals surface area (Å²) in [6, 6.07) is 9.59. The second kappa shape index (κ2) is 4.03. The maximum Gasteiger partial charge on any atom is 0.141 e. The Labute approximate surface area is 93.3 Å². The second-order valence-corrected chi connectivity index (χ2v) is 3.90. The van der Waals surface area contributed by atoms with E-state index in [9.17, 15) is 4.79 Å². The molecule has 0 aliphatic carbocycles. The first-order valence-corrected chi connectivity index (χ1v) is 5.16. The van der Waals surface area contributed by atoms with Crippen LogP contribution < -0.4 is 5.01 Å². The molecule has 3 nitrogen and oxygen atoms in total. The molecule has 78 valence electrons. The minimum Gasteiger partial charge on any atom is -0.303 e. The highest BCUT2D eigenvalue weighted by Gasteiger charge is 2.34. The highest BCUT2D eigenvalue weighted by Crippen LogP contribution is 2.29. The van der Waals surface area contributed by atoms with Gasteiger partial charge in [-0.3, -0.25) is 0 Å². The van der Waals surface area contributed by atoms with Gasteiger partial charge >= 0.3 is 0 Å². The summed E-state index contributed by atoms with van der Waals surface area (Å²) in [5.74, 6) is -0.313. The predicted octanol–water partition coefficient (Wildman–Crippen LogP) is 2.26. The van der Waals surface area contributed by atoms with Crippen molar-refractivity contribution in [2.45, 2.75) is 12.4 Å². The molecule has 0 spiro atoms. The first-order chi connectivity index (χ1) is 7.24. The van der Waals surface area contributed by atoms with Crippen LogP contribution in [0.1, 0.15) is 6.92 Å². The van der Waals surface area contributed by atoms with Gasteiger partial charge in [0.05, 0.1) is 11.6 Å². The zero-order chi connectivity index (χ0) is 10.8. The third kappa shape index (κ3) is 1.75. The topological polar surface area (TPSA) is 32.7 Å². The number of carbonyl (C=O) groups excluding carboxylic acids is 1. The van der Waals surface area contributed by atoms with E-state index in [0.717, 1.165) is 17.7 Å². The summed E-state index contributed by atoms with van der Waals surface area (Å²) in [4.78, 5) is 10.8. The first-order valence-electron chi connectivity index (χ1n) is 4.73. The third-order valence-corrected chi connectivity index (χ3v) is 2.90. The Morgan fingerprint density at radius 3 is 2.60 bits per heavy atom. The lowest BCUT2D eigenvalue weighted by Gasteiger charge is -2.19. The number of halogens is 1. The number of rotatable bonds is 2. The Morgan fingerprint density at radius 1 is 1.40 bits per heavy atom. The van der Waals surface area contributed by atoms with Gasteiger partial charge in [-0.05, 0) is 19.1 Å². The van der Waals surface area contributed by atoms with Crippen molar-refractivity contribution in [1.82, 2.24) is 0 Å². The van der Waals surface area contributed by atoms with Crippen LogP contribution in [-0.4, -0.2) is 17.5 Å².